The number of para-hydroxylation sites is 1. The highest BCUT2D eigenvalue weighted by atomic mass is 19.3. The van der Waals surface area contributed by atoms with Crippen LogP contribution in [-0.2, 0) is 5.92 Å². The molecule has 2 aromatic rings. The molecule has 2 rings (SSSR count). The van der Waals surface area contributed by atoms with Crippen LogP contribution in [0.2, 0.25) is 0 Å². The van der Waals surface area contributed by atoms with Crippen molar-refractivity contribution in [3.8, 4) is 5.69 Å². The van der Waals surface area contributed by atoms with Crippen LogP contribution < -0.4 is 5.32 Å². The lowest BCUT2D eigenvalue weighted by atomic mass is 10.1. The third kappa shape index (κ3) is 2.31. The molecule has 1 heterocycles. The van der Waals surface area contributed by atoms with Gasteiger partial charge in [-0.2, -0.15) is 13.9 Å². The summed E-state index contributed by atoms with van der Waals surface area (Å²) in [5.41, 5.74) is 0.587. The molecule has 19 heavy (non-hydrogen) atoms. The lowest BCUT2D eigenvalue weighted by molar-refractivity contribution is -0.0599. The molecular weight excluding hydrogens is 252 g/mol. The predicted molar refractivity (Wildman–Crippen MR) is 68.8 cm³/mol. The molecule has 0 aliphatic carbocycles. The fourth-order valence-corrected chi connectivity index (χ4v) is 1.97. The number of aliphatic hydroxyl groups excluding tert-OH is 1. The van der Waals surface area contributed by atoms with Crippen LogP contribution >= 0.6 is 0 Å². The molecule has 0 aliphatic rings. The summed E-state index contributed by atoms with van der Waals surface area (Å²) in [4.78, 5) is 0. The van der Waals surface area contributed by atoms with E-state index in [0.717, 1.165) is 0 Å². The van der Waals surface area contributed by atoms with Crippen LogP contribution in [0.15, 0.2) is 30.3 Å². The van der Waals surface area contributed by atoms with E-state index in [2.05, 4.69) is 10.4 Å². The third-order valence-corrected chi connectivity index (χ3v) is 2.90. The largest absolute Gasteiger partial charge is 0.390 e. The standard InChI is InChI=1S/C13H15F2N3O/c1-9-11(13(14,15)8-19)17-18(12(9)16-2)10-6-4-3-5-7-10/h3-7,16,19H,8H2,1-2H3. The summed E-state index contributed by atoms with van der Waals surface area (Å²) in [6.45, 7) is 0.292. The van der Waals surface area contributed by atoms with Crippen LogP contribution in [-0.4, -0.2) is 28.5 Å². The average Bonchev–Trinajstić information content (AvgIpc) is 2.77. The van der Waals surface area contributed by atoms with Crippen LogP contribution in [0.25, 0.3) is 5.69 Å². The molecule has 0 saturated carbocycles. The average molecular weight is 267 g/mol. The summed E-state index contributed by atoms with van der Waals surface area (Å²) in [6, 6.07) is 8.98. The first-order valence-electron chi connectivity index (χ1n) is 5.83. The van der Waals surface area contributed by atoms with Crippen LogP contribution in [0.5, 0.6) is 0 Å². The molecule has 1 aromatic carbocycles. The monoisotopic (exact) mass is 267 g/mol. The van der Waals surface area contributed by atoms with E-state index in [4.69, 9.17) is 5.11 Å². The minimum absolute atomic E-state index is 0.324. The summed E-state index contributed by atoms with van der Waals surface area (Å²) in [5.74, 6) is -2.87. The summed E-state index contributed by atoms with van der Waals surface area (Å²) in [7, 11) is 1.64. The molecule has 1 aromatic heterocycles. The number of halogens is 2. The molecule has 0 spiro atoms. The Bertz CT molecular complexity index is 567. The van der Waals surface area contributed by atoms with Gasteiger partial charge in [0.05, 0.1) is 5.69 Å². The summed E-state index contributed by atoms with van der Waals surface area (Å²) in [6.07, 6.45) is 0. The van der Waals surface area contributed by atoms with Crippen LogP contribution in [0.1, 0.15) is 11.3 Å². The van der Waals surface area contributed by atoms with Gasteiger partial charge >= 0.3 is 5.92 Å². The highest BCUT2D eigenvalue weighted by Gasteiger charge is 2.37. The maximum absolute atomic E-state index is 13.6. The van der Waals surface area contributed by atoms with Crippen molar-refractivity contribution < 1.29 is 13.9 Å². The van der Waals surface area contributed by atoms with Crippen molar-refractivity contribution in [3.05, 3.63) is 41.6 Å². The molecule has 0 amide bonds. The Labute approximate surface area is 109 Å². The van der Waals surface area contributed by atoms with Gasteiger partial charge in [0, 0.05) is 12.6 Å². The maximum atomic E-state index is 13.6. The topological polar surface area (TPSA) is 50.1 Å². The van der Waals surface area contributed by atoms with Crippen LogP contribution in [0, 0.1) is 6.92 Å². The van der Waals surface area contributed by atoms with Crippen molar-refractivity contribution >= 4 is 5.82 Å². The minimum Gasteiger partial charge on any atom is -0.390 e. The lowest BCUT2D eigenvalue weighted by Crippen LogP contribution is -2.20. The fraction of sp³-hybridized carbons (Fsp3) is 0.308. The van der Waals surface area contributed by atoms with Crippen molar-refractivity contribution in [2.45, 2.75) is 12.8 Å². The number of hydrogen-bond acceptors (Lipinski definition) is 3. The van der Waals surface area contributed by atoms with E-state index in [1.54, 1.807) is 38.2 Å². The van der Waals surface area contributed by atoms with E-state index >= 15 is 0 Å². The van der Waals surface area contributed by atoms with Crippen LogP contribution in [0.4, 0.5) is 14.6 Å². The Balaban J connectivity index is 2.61. The summed E-state index contributed by atoms with van der Waals surface area (Å²) in [5, 5.41) is 15.6. The third-order valence-electron chi connectivity index (χ3n) is 2.90. The first-order valence-corrected chi connectivity index (χ1v) is 5.83. The number of nitrogens with one attached hydrogen (secondary N) is 1. The van der Waals surface area contributed by atoms with E-state index < -0.39 is 18.2 Å². The molecule has 0 unspecified atom stereocenters. The number of hydrogen-bond donors (Lipinski definition) is 2. The number of anilines is 1. The van der Waals surface area contributed by atoms with Gasteiger partial charge in [0.25, 0.3) is 0 Å². The van der Waals surface area contributed by atoms with Crippen molar-refractivity contribution in [1.29, 1.82) is 0 Å². The van der Waals surface area contributed by atoms with Crippen molar-refractivity contribution in [2.24, 2.45) is 0 Å². The Morgan fingerprint density at radius 3 is 2.47 bits per heavy atom. The van der Waals surface area contributed by atoms with E-state index in [9.17, 15) is 8.78 Å². The minimum atomic E-state index is -3.35. The molecule has 102 valence electrons. The highest BCUT2D eigenvalue weighted by Crippen LogP contribution is 2.33. The second-order valence-electron chi connectivity index (χ2n) is 4.18. The zero-order valence-corrected chi connectivity index (χ0v) is 10.7. The van der Waals surface area contributed by atoms with Crippen LogP contribution in [0.3, 0.4) is 0 Å². The second kappa shape index (κ2) is 4.97. The Kier molecular flexibility index (Phi) is 3.53. The molecule has 6 heteroatoms. The number of rotatable bonds is 4. The molecular formula is C13H15F2N3O. The van der Waals surface area contributed by atoms with E-state index in [-0.39, 0.29) is 0 Å². The number of aliphatic hydroxyl groups is 1. The fourth-order valence-electron chi connectivity index (χ4n) is 1.97. The van der Waals surface area contributed by atoms with Gasteiger partial charge in [0.2, 0.25) is 0 Å². The van der Waals surface area contributed by atoms with Gasteiger partial charge in [0.1, 0.15) is 18.1 Å². The van der Waals surface area contributed by atoms with Gasteiger partial charge in [-0.05, 0) is 19.1 Å². The van der Waals surface area contributed by atoms with Gasteiger partial charge in [-0.3, -0.25) is 0 Å². The zero-order valence-electron chi connectivity index (χ0n) is 10.7. The predicted octanol–water partition coefficient (Wildman–Crippen LogP) is 2.31. The first-order chi connectivity index (χ1) is 9.01. The van der Waals surface area contributed by atoms with E-state index in [1.807, 2.05) is 6.07 Å². The Morgan fingerprint density at radius 1 is 1.32 bits per heavy atom. The first kappa shape index (κ1) is 13.5. The number of alkyl halides is 2. The molecule has 0 radical (unpaired) electrons. The highest BCUT2D eigenvalue weighted by molar-refractivity contribution is 5.53. The SMILES string of the molecule is CNc1c(C)c(C(F)(F)CO)nn1-c1ccccc1. The second-order valence-corrected chi connectivity index (χ2v) is 4.18. The molecule has 4 nitrogen and oxygen atoms in total. The smallest absolute Gasteiger partial charge is 0.314 e. The number of aromatic nitrogens is 2. The number of benzene rings is 1. The van der Waals surface area contributed by atoms with Gasteiger partial charge in [-0.25, -0.2) is 4.68 Å². The Morgan fingerprint density at radius 2 is 1.95 bits per heavy atom. The van der Waals surface area contributed by atoms with Gasteiger partial charge in [0.15, 0.2) is 0 Å². The van der Waals surface area contributed by atoms with E-state index in [1.165, 1.54) is 4.68 Å². The molecule has 0 aliphatic heterocycles. The van der Waals surface area contributed by atoms with E-state index in [0.29, 0.717) is 17.1 Å². The van der Waals surface area contributed by atoms with Crippen molar-refractivity contribution in [2.75, 3.05) is 19.0 Å². The molecule has 0 fully saturated rings. The number of nitrogens with zero attached hydrogens (tertiary/aromatic N) is 2. The van der Waals surface area contributed by atoms with Gasteiger partial charge < -0.3 is 10.4 Å². The van der Waals surface area contributed by atoms with Crippen molar-refractivity contribution in [3.63, 3.8) is 0 Å². The summed E-state index contributed by atoms with van der Waals surface area (Å²) < 4.78 is 28.7. The normalized spacial score (nSPS) is 11.6. The van der Waals surface area contributed by atoms with Gasteiger partial charge in [-0.15, -0.1) is 0 Å². The summed E-state index contributed by atoms with van der Waals surface area (Å²) >= 11 is 0. The van der Waals surface area contributed by atoms with Gasteiger partial charge in [-0.1, -0.05) is 18.2 Å². The quantitative estimate of drug-likeness (QED) is 0.893. The zero-order chi connectivity index (χ0) is 14.0. The molecule has 0 saturated heterocycles. The molecule has 2 N–H and O–H groups in total. The molecule has 0 bridgehead atoms. The van der Waals surface area contributed by atoms with Crippen molar-refractivity contribution in [1.82, 2.24) is 9.78 Å². The molecule has 0 atom stereocenters. The lowest BCUT2D eigenvalue weighted by Gasteiger charge is -2.10. The maximum Gasteiger partial charge on any atom is 0.314 e. The Hall–Kier alpha value is -1.95.